The molecule has 6 nitrogen and oxygen atoms in total. The van der Waals surface area contributed by atoms with Gasteiger partial charge in [0, 0.05) is 37.8 Å². The van der Waals surface area contributed by atoms with Gasteiger partial charge in [-0.05, 0) is 64.7 Å². The van der Waals surface area contributed by atoms with Crippen molar-refractivity contribution in [3.63, 3.8) is 0 Å². The molecule has 0 radical (unpaired) electrons. The van der Waals surface area contributed by atoms with Crippen LogP contribution in [0.15, 0.2) is 150 Å². The molecule has 0 saturated carbocycles. The third-order valence-corrected chi connectivity index (χ3v) is 13.4. The lowest BCUT2D eigenvalue weighted by atomic mass is 9.63. The summed E-state index contributed by atoms with van der Waals surface area (Å²) in [6.07, 6.45) is 0. The highest BCUT2D eigenvalue weighted by Gasteiger charge is 2.55. The van der Waals surface area contributed by atoms with Gasteiger partial charge in [-0.1, -0.05) is 103 Å². The molecule has 238 valence electrons. The van der Waals surface area contributed by atoms with Crippen molar-refractivity contribution in [2.75, 3.05) is 0 Å². The molecule has 0 aliphatic carbocycles. The number of nitriles is 2. The van der Waals surface area contributed by atoms with Crippen LogP contribution in [0.5, 0.6) is 11.5 Å². The second-order valence-corrected chi connectivity index (χ2v) is 15.5. The zero-order chi connectivity index (χ0) is 34.3. The molecule has 1 spiro atoms. The monoisotopic (exact) mass is 673 g/mol. The number of hydrogen-bond acceptors (Lipinski definition) is 6. The Balaban J connectivity index is 1.37. The minimum absolute atomic E-state index is 0.160. The van der Waals surface area contributed by atoms with E-state index in [9.17, 15) is 10.5 Å². The molecular formula is C44H24N3O3P. The van der Waals surface area contributed by atoms with Crippen molar-refractivity contribution >= 4 is 45.0 Å². The van der Waals surface area contributed by atoms with E-state index in [-0.39, 0.29) is 11.4 Å². The van der Waals surface area contributed by atoms with Gasteiger partial charge in [0.25, 0.3) is 0 Å². The average molecular weight is 674 g/mol. The molecule has 6 aromatic carbocycles. The standard InChI is InChI=1S/C44H24N3O3P/c45-25-29-20-28(21-30(26-46)47-29)27-18-19-35-41(22-27)50-39-16-8-5-13-34(39)44(35)36-14-6-9-17-42(36)51(48,31-10-2-1-3-11-31)43-24-40-33(23-37(43)44)32-12-4-7-15-38(32)49-40/h1-24H. The molecule has 2 unspecified atom stereocenters. The number of rotatable bonds is 2. The first-order valence-electron chi connectivity index (χ1n) is 16.5. The molecule has 7 heteroatoms. The molecule has 8 aromatic rings. The van der Waals surface area contributed by atoms with E-state index < -0.39 is 12.6 Å². The van der Waals surface area contributed by atoms with Crippen molar-refractivity contribution < 1.29 is 13.7 Å². The Morgan fingerprint density at radius 3 is 2.04 bits per heavy atom. The number of para-hydroxylation sites is 2. The number of hydrogen-bond donors (Lipinski definition) is 0. The van der Waals surface area contributed by atoms with Crippen LogP contribution in [0.4, 0.5) is 0 Å². The number of ether oxygens (including phenoxy) is 1. The van der Waals surface area contributed by atoms with E-state index in [4.69, 9.17) is 9.15 Å². The highest BCUT2D eigenvalue weighted by molar-refractivity contribution is 7.85. The van der Waals surface area contributed by atoms with E-state index >= 15 is 4.57 Å². The Bertz CT molecular complexity index is 2890. The summed E-state index contributed by atoms with van der Waals surface area (Å²) < 4.78 is 29.4. The van der Waals surface area contributed by atoms with Crippen LogP contribution >= 0.6 is 7.14 Å². The predicted octanol–water partition coefficient (Wildman–Crippen LogP) is 8.83. The molecule has 0 amide bonds. The first-order valence-corrected chi connectivity index (χ1v) is 18.2. The normalized spacial score (nSPS) is 18.2. The van der Waals surface area contributed by atoms with Crippen LogP contribution in [0, 0.1) is 22.7 Å². The van der Waals surface area contributed by atoms with E-state index in [1.165, 1.54) is 0 Å². The lowest BCUT2D eigenvalue weighted by Gasteiger charge is -2.47. The predicted molar refractivity (Wildman–Crippen MR) is 198 cm³/mol. The molecule has 0 fully saturated rings. The molecular weight excluding hydrogens is 649 g/mol. The molecule has 2 atom stereocenters. The van der Waals surface area contributed by atoms with Gasteiger partial charge in [-0.15, -0.1) is 0 Å². The lowest BCUT2D eigenvalue weighted by molar-refractivity contribution is 0.435. The second kappa shape index (κ2) is 10.6. The van der Waals surface area contributed by atoms with Gasteiger partial charge >= 0.3 is 0 Å². The van der Waals surface area contributed by atoms with Crippen LogP contribution < -0.4 is 20.7 Å². The smallest absolute Gasteiger partial charge is 0.171 e. The van der Waals surface area contributed by atoms with E-state index in [2.05, 4.69) is 47.5 Å². The third-order valence-electron chi connectivity index (χ3n) is 10.3. The summed E-state index contributed by atoms with van der Waals surface area (Å²) in [5.41, 5.74) is 5.93. The summed E-state index contributed by atoms with van der Waals surface area (Å²) in [4.78, 5) is 4.12. The highest BCUT2D eigenvalue weighted by Crippen LogP contribution is 2.62. The molecule has 4 heterocycles. The van der Waals surface area contributed by atoms with E-state index in [0.29, 0.717) is 22.6 Å². The highest BCUT2D eigenvalue weighted by atomic mass is 31.2. The van der Waals surface area contributed by atoms with Gasteiger partial charge in [0.2, 0.25) is 0 Å². The number of pyridine rings is 1. The van der Waals surface area contributed by atoms with Crippen LogP contribution in [0.1, 0.15) is 33.6 Å². The first kappa shape index (κ1) is 29.2. The van der Waals surface area contributed by atoms with Crippen LogP contribution in [0.2, 0.25) is 0 Å². The molecule has 0 N–H and O–H groups in total. The maximum Gasteiger partial charge on any atom is 0.171 e. The number of benzene rings is 6. The Hall–Kier alpha value is -6.72. The maximum absolute atomic E-state index is 16.2. The SMILES string of the molecule is N#Cc1cc(-c2ccc3c(c2)Oc2ccccc2C32c3ccccc3P(=O)(c3ccccc3)c3cc4oc5ccccc5c4cc32)cc(C#N)n1. The van der Waals surface area contributed by atoms with E-state index in [1.54, 1.807) is 12.1 Å². The van der Waals surface area contributed by atoms with E-state index in [1.807, 2.05) is 103 Å². The summed E-state index contributed by atoms with van der Waals surface area (Å²) >= 11 is 0. The quantitative estimate of drug-likeness (QED) is 0.170. The van der Waals surface area contributed by atoms with Gasteiger partial charge in [0.1, 0.15) is 46.2 Å². The second-order valence-electron chi connectivity index (χ2n) is 12.8. The fraction of sp³-hybridized carbons (Fsp3) is 0.0227. The topological polar surface area (TPSA) is 99.9 Å². The molecule has 2 aliphatic heterocycles. The van der Waals surface area contributed by atoms with Gasteiger partial charge < -0.3 is 13.7 Å². The molecule has 0 bridgehead atoms. The summed E-state index contributed by atoms with van der Waals surface area (Å²) in [7, 11) is -3.45. The third kappa shape index (κ3) is 3.91. The van der Waals surface area contributed by atoms with E-state index in [0.717, 1.165) is 60.1 Å². The minimum Gasteiger partial charge on any atom is -0.457 e. The number of fused-ring (bicyclic) bond motifs is 11. The summed E-state index contributed by atoms with van der Waals surface area (Å²) in [6.45, 7) is 0. The van der Waals surface area contributed by atoms with Crippen LogP contribution in [0.3, 0.4) is 0 Å². The Morgan fingerprint density at radius 2 is 1.24 bits per heavy atom. The van der Waals surface area contributed by atoms with Gasteiger partial charge in [-0.2, -0.15) is 10.5 Å². The Labute approximate surface area is 292 Å². The van der Waals surface area contributed by atoms with Crippen molar-refractivity contribution in [2.24, 2.45) is 0 Å². The Morgan fingerprint density at radius 1 is 0.549 bits per heavy atom. The van der Waals surface area contributed by atoms with Crippen molar-refractivity contribution in [3.8, 4) is 34.8 Å². The molecule has 51 heavy (non-hydrogen) atoms. The zero-order valence-electron chi connectivity index (χ0n) is 26.9. The first-order chi connectivity index (χ1) is 25.0. The maximum atomic E-state index is 16.2. The zero-order valence-corrected chi connectivity index (χ0v) is 27.8. The van der Waals surface area contributed by atoms with Gasteiger partial charge in [-0.25, -0.2) is 4.98 Å². The summed E-state index contributed by atoms with van der Waals surface area (Å²) in [6, 6.07) is 51.6. The van der Waals surface area contributed by atoms with Crippen LogP contribution in [-0.2, 0) is 9.98 Å². The summed E-state index contributed by atoms with van der Waals surface area (Å²) in [5, 5.41) is 23.5. The van der Waals surface area contributed by atoms with Gasteiger partial charge in [-0.3, -0.25) is 0 Å². The molecule has 0 saturated heterocycles. The lowest BCUT2D eigenvalue weighted by Crippen LogP contribution is -2.47. The van der Waals surface area contributed by atoms with Crippen molar-refractivity contribution in [1.82, 2.24) is 4.98 Å². The van der Waals surface area contributed by atoms with Crippen LogP contribution in [0.25, 0.3) is 33.1 Å². The Kier molecular flexibility index (Phi) is 6.09. The average Bonchev–Trinajstić information content (AvgIpc) is 3.56. The minimum atomic E-state index is -3.45. The van der Waals surface area contributed by atoms with Crippen molar-refractivity contribution in [2.45, 2.75) is 5.41 Å². The summed E-state index contributed by atoms with van der Waals surface area (Å²) in [5.74, 6) is 1.30. The molecule has 10 rings (SSSR count). The molecule has 2 aromatic heterocycles. The number of nitrogens with zero attached hydrogens (tertiary/aromatic N) is 3. The fourth-order valence-electron chi connectivity index (χ4n) is 8.20. The van der Waals surface area contributed by atoms with Gasteiger partial charge in [0.15, 0.2) is 7.14 Å². The van der Waals surface area contributed by atoms with Crippen LogP contribution in [-0.4, -0.2) is 4.98 Å². The van der Waals surface area contributed by atoms with Gasteiger partial charge in [0.05, 0.1) is 5.41 Å². The largest absolute Gasteiger partial charge is 0.457 e. The molecule has 2 aliphatic rings. The number of aromatic nitrogens is 1. The fourth-order valence-corrected chi connectivity index (χ4v) is 11.4. The number of furan rings is 1. The van der Waals surface area contributed by atoms with Crippen molar-refractivity contribution in [1.29, 1.82) is 10.5 Å². The van der Waals surface area contributed by atoms with Crippen molar-refractivity contribution in [3.05, 3.63) is 179 Å².